The first-order valence-electron chi connectivity index (χ1n) is 5.80. The number of imidazole rings is 1. The third-order valence-corrected chi connectivity index (χ3v) is 3.55. The van der Waals surface area contributed by atoms with E-state index in [1.165, 1.54) is 12.1 Å². The zero-order valence-corrected chi connectivity index (χ0v) is 11.6. The number of nitrogen functional groups attached to an aromatic ring is 1. The van der Waals surface area contributed by atoms with Gasteiger partial charge in [0.25, 0.3) is 0 Å². The van der Waals surface area contributed by atoms with E-state index in [2.05, 4.69) is 20.9 Å². The van der Waals surface area contributed by atoms with Crippen LogP contribution in [-0.4, -0.2) is 9.38 Å². The van der Waals surface area contributed by atoms with Crippen molar-refractivity contribution in [3.63, 3.8) is 0 Å². The van der Waals surface area contributed by atoms with Crippen LogP contribution in [0.1, 0.15) is 11.4 Å². The molecule has 0 saturated heterocycles. The molecule has 0 radical (unpaired) electrons. The van der Waals surface area contributed by atoms with Gasteiger partial charge in [0, 0.05) is 18.3 Å². The van der Waals surface area contributed by atoms with Crippen molar-refractivity contribution in [3.05, 3.63) is 64.4 Å². The van der Waals surface area contributed by atoms with E-state index < -0.39 is 0 Å². The number of rotatable bonds is 2. The number of nitrogens with two attached hydrogens (primary N) is 1. The molecular weight excluding hydrogens is 309 g/mol. The Morgan fingerprint density at radius 3 is 2.68 bits per heavy atom. The molecule has 0 amide bonds. The molecule has 3 rings (SSSR count). The summed E-state index contributed by atoms with van der Waals surface area (Å²) in [5, 5.41) is 0. The second-order valence-corrected chi connectivity index (χ2v) is 5.09. The van der Waals surface area contributed by atoms with Crippen LogP contribution < -0.4 is 5.73 Å². The molecule has 3 nitrogen and oxygen atoms in total. The quantitative estimate of drug-likeness (QED) is 0.786. The number of nitrogens with zero attached hydrogens (tertiary/aromatic N) is 2. The van der Waals surface area contributed by atoms with E-state index in [9.17, 15) is 4.39 Å². The van der Waals surface area contributed by atoms with Gasteiger partial charge in [-0.05, 0) is 45.8 Å². The van der Waals surface area contributed by atoms with Crippen molar-refractivity contribution in [1.82, 2.24) is 9.38 Å². The molecule has 0 bridgehead atoms. The summed E-state index contributed by atoms with van der Waals surface area (Å²) in [5.41, 5.74) is 8.40. The molecule has 96 valence electrons. The standard InChI is InChI=1S/C14H11BrFN3/c15-14-12-8-11(17)5-6-19(12)13(18-14)7-9-1-3-10(16)4-2-9/h1-6,8H,7,17H2. The first-order chi connectivity index (χ1) is 9.13. The first-order valence-corrected chi connectivity index (χ1v) is 6.59. The Bertz CT molecular complexity index is 734. The highest BCUT2D eigenvalue weighted by molar-refractivity contribution is 9.10. The van der Waals surface area contributed by atoms with E-state index >= 15 is 0 Å². The molecule has 5 heteroatoms. The van der Waals surface area contributed by atoms with E-state index in [1.807, 2.05) is 22.7 Å². The fourth-order valence-electron chi connectivity index (χ4n) is 2.03. The molecule has 3 aromatic rings. The number of hydrogen-bond donors (Lipinski definition) is 1. The summed E-state index contributed by atoms with van der Waals surface area (Å²) in [5.74, 6) is 0.652. The van der Waals surface area contributed by atoms with Gasteiger partial charge in [-0.3, -0.25) is 0 Å². The number of anilines is 1. The lowest BCUT2D eigenvalue weighted by Gasteiger charge is -2.02. The van der Waals surface area contributed by atoms with Gasteiger partial charge in [0.1, 0.15) is 16.2 Å². The Kier molecular flexibility index (Phi) is 2.98. The lowest BCUT2D eigenvalue weighted by atomic mass is 10.1. The minimum Gasteiger partial charge on any atom is -0.399 e. The molecule has 0 atom stereocenters. The second kappa shape index (κ2) is 4.66. The van der Waals surface area contributed by atoms with Crippen LogP contribution in [-0.2, 0) is 6.42 Å². The van der Waals surface area contributed by atoms with E-state index in [-0.39, 0.29) is 5.82 Å². The van der Waals surface area contributed by atoms with Gasteiger partial charge in [0.15, 0.2) is 0 Å². The number of hydrogen-bond acceptors (Lipinski definition) is 2. The molecule has 0 spiro atoms. The average molecular weight is 320 g/mol. The molecule has 0 fully saturated rings. The third kappa shape index (κ3) is 2.33. The van der Waals surface area contributed by atoms with Crippen LogP contribution in [0.3, 0.4) is 0 Å². The van der Waals surface area contributed by atoms with Gasteiger partial charge in [-0.25, -0.2) is 9.37 Å². The molecule has 0 saturated carbocycles. The molecule has 0 unspecified atom stereocenters. The second-order valence-electron chi connectivity index (χ2n) is 4.34. The van der Waals surface area contributed by atoms with Gasteiger partial charge in [-0.15, -0.1) is 0 Å². The van der Waals surface area contributed by atoms with Crippen LogP contribution in [0.25, 0.3) is 5.52 Å². The molecule has 2 N–H and O–H groups in total. The van der Waals surface area contributed by atoms with Gasteiger partial charge >= 0.3 is 0 Å². The Morgan fingerprint density at radius 2 is 1.95 bits per heavy atom. The maximum absolute atomic E-state index is 12.9. The van der Waals surface area contributed by atoms with Crippen LogP contribution in [0.2, 0.25) is 0 Å². The van der Waals surface area contributed by atoms with Crippen molar-refractivity contribution < 1.29 is 4.39 Å². The third-order valence-electron chi connectivity index (χ3n) is 2.97. The van der Waals surface area contributed by atoms with Crippen LogP contribution >= 0.6 is 15.9 Å². The zero-order chi connectivity index (χ0) is 13.4. The van der Waals surface area contributed by atoms with Crippen LogP contribution in [0.5, 0.6) is 0 Å². The number of aromatic nitrogens is 2. The number of halogens is 2. The predicted molar refractivity (Wildman–Crippen MR) is 76.5 cm³/mol. The van der Waals surface area contributed by atoms with E-state index in [1.54, 1.807) is 12.1 Å². The zero-order valence-electron chi connectivity index (χ0n) is 9.98. The van der Waals surface area contributed by atoms with Crippen LogP contribution in [0, 0.1) is 5.82 Å². The minimum absolute atomic E-state index is 0.231. The topological polar surface area (TPSA) is 43.3 Å². The average Bonchev–Trinajstić information content (AvgIpc) is 2.69. The molecule has 2 aromatic heterocycles. The molecule has 19 heavy (non-hydrogen) atoms. The van der Waals surface area contributed by atoms with Gasteiger partial charge in [0.05, 0.1) is 5.52 Å². The molecule has 0 aliphatic carbocycles. The molecule has 2 heterocycles. The molecule has 1 aromatic carbocycles. The number of benzene rings is 1. The predicted octanol–water partition coefficient (Wildman–Crippen LogP) is 3.41. The Hall–Kier alpha value is -1.88. The summed E-state index contributed by atoms with van der Waals surface area (Å²) in [4.78, 5) is 4.48. The summed E-state index contributed by atoms with van der Waals surface area (Å²) in [6.45, 7) is 0. The maximum atomic E-state index is 12.9. The fraction of sp³-hybridized carbons (Fsp3) is 0.0714. The van der Waals surface area contributed by atoms with E-state index in [0.29, 0.717) is 12.1 Å². The van der Waals surface area contributed by atoms with Crippen molar-refractivity contribution in [2.24, 2.45) is 0 Å². The van der Waals surface area contributed by atoms with Crippen molar-refractivity contribution in [2.45, 2.75) is 6.42 Å². The summed E-state index contributed by atoms with van der Waals surface area (Å²) in [7, 11) is 0. The van der Waals surface area contributed by atoms with Gasteiger partial charge in [-0.1, -0.05) is 12.1 Å². The maximum Gasteiger partial charge on any atom is 0.132 e. The minimum atomic E-state index is -0.231. The molecular formula is C14H11BrFN3. The monoisotopic (exact) mass is 319 g/mol. The van der Waals surface area contributed by atoms with Crippen LogP contribution in [0.15, 0.2) is 47.2 Å². The van der Waals surface area contributed by atoms with E-state index in [0.717, 1.165) is 21.5 Å². The highest BCUT2D eigenvalue weighted by atomic mass is 79.9. The van der Waals surface area contributed by atoms with Crippen molar-refractivity contribution >= 4 is 27.1 Å². The summed E-state index contributed by atoms with van der Waals surface area (Å²) < 4.78 is 15.6. The summed E-state index contributed by atoms with van der Waals surface area (Å²) in [6, 6.07) is 10.1. The van der Waals surface area contributed by atoms with Crippen molar-refractivity contribution in [2.75, 3.05) is 5.73 Å². The smallest absolute Gasteiger partial charge is 0.132 e. The first kappa shape index (κ1) is 12.2. The fourth-order valence-corrected chi connectivity index (χ4v) is 2.54. The van der Waals surface area contributed by atoms with Gasteiger partial charge < -0.3 is 10.1 Å². The SMILES string of the molecule is Nc1ccn2c(Cc3ccc(F)cc3)nc(Br)c2c1. The normalized spacial score (nSPS) is 11.1. The largest absolute Gasteiger partial charge is 0.399 e. The van der Waals surface area contributed by atoms with E-state index in [4.69, 9.17) is 5.73 Å². The Morgan fingerprint density at radius 1 is 1.21 bits per heavy atom. The van der Waals surface area contributed by atoms with Crippen LogP contribution in [0.4, 0.5) is 10.1 Å². The lowest BCUT2D eigenvalue weighted by Crippen LogP contribution is -1.97. The highest BCUT2D eigenvalue weighted by Gasteiger charge is 2.09. The molecule has 0 aliphatic heterocycles. The van der Waals surface area contributed by atoms with Crippen molar-refractivity contribution in [3.8, 4) is 0 Å². The molecule has 0 aliphatic rings. The summed E-state index contributed by atoms with van der Waals surface area (Å²) in [6.07, 6.45) is 2.53. The Balaban J connectivity index is 2.03. The number of pyridine rings is 1. The number of fused-ring (bicyclic) bond motifs is 1. The van der Waals surface area contributed by atoms with Crippen molar-refractivity contribution in [1.29, 1.82) is 0 Å². The highest BCUT2D eigenvalue weighted by Crippen LogP contribution is 2.22. The lowest BCUT2D eigenvalue weighted by molar-refractivity contribution is 0.627. The van der Waals surface area contributed by atoms with Gasteiger partial charge in [-0.2, -0.15) is 0 Å². The Labute approximate surface area is 118 Å². The summed E-state index contributed by atoms with van der Waals surface area (Å²) >= 11 is 3.43. The van der Waals surface area contributed by atoms with Gasteiger partial charge in [0.2, 0.25) is 0 Å².